The lowest BCUT2D eigenvalue weighted by Gasteiger charge is -2.35. The fourth-order valence-corrected chi connectivity index (χ4v) is 3.99. The maximum absolute atomic E-state index is 13.0. The molecule has 2 atom stereocenters. The topological polar surface area (TPSA) is 76.2 Å². The van der Waals surface area contributed by atoms with Crippen LogP contribution in [-0.4, -0.2) is 54.5 Å². The summed E-state index contributed by atoms with van der Waals surface area (Å²) in [7, 11) is 0. The van der Waals surface area contributed by atoms with Crippen LogP contribution in [0.3, 0.4) is 0 Å². The Kier molecular flexibility index (Phi) is 5.30. The first kappa shape index (κ1) is 20.1. The Bertz CT molecular complexity index is 991. The van der Waals surface area contributed by atoms with Gasteiger partial charge in [-0.3, -0.25) is 14.4 Å². The zero-order valence-corrected chi connectivity index (χ0v) is 17.3. The molecule has 2 aliphatic rings. The number of ether oxygens (including phenoxy) is 2. The van der Waals surface area contributed by atoms with Crippen molar-refractivity contribution in [1.82, 2.24) is 4.90 Å². The van der Waals surface area contributed by atoms with Crippen molar-refractivity contribution in [1.29, 1.82) is 0 Å². The molecule has 156 valence electrons. The molecule has 7 nitrogen and oxygen atoms in total. The quantitative estimate of drug-likeness (QED) is 0.727. The molecule has 1 saturated heterocycles. The van der Waals surface area contributed by atoms with Gasteiger partial charge in [0.2, 0.25) is 0 Å². The van der Waals surface area contributed by atoms with Crippen molar-refractivity contribution in [3.8, 4) is 5.75 Å². The monoisotopic (exact) mass is 408 g/mol. The van der Waals surface area contributed by atoms with Crippen LogP contribution in [0, 0.1) is 0 Å². The smallest absolute Gasteiger partial charge is 0.266 e. The molecular weight excluding hydrogens is 384 g/mol. The van der Waals surface area contributed by atoms with Crippen molar-refractivity contribution in [2.75, 3.05) is 24.6 Å². The highest BCUT2D eigenvalue weighted by Gasteiger charge is 2.37. The average molecular weight is 408 g/mol. The zero-order valence-electron chi connectivity index (χ0n) is 17.3. The number of anilines is 1. The first-order chi connectivity index (χ1) is 14.4. The van der Waals surface area contributed by atoms with Crippen LogP contribution in [0.25, 0.3) is 0 Å². The van der Waals surface area contributed by atoms with Gasteiger partial charge in [-0.05, 0) is 63.2 Å². The number of hydrogen-bond acceptors (Lipinski definition) is 5. The van der Waals surface area contributed by atoms with E-state index in [0.29, 0.717) is 42.3 Å². The Morgan fingerprint density at radius 1 is 1.00 bits per heavy atom. The van der Waals surface area contributed by atoms with Crippen molar-refractivity contribution in [3.05, 3.63) is 59.2 Å². The van der Waals surface area contributed by atoms with E-state index >= 15 is 0 Å². The molecule has 0 aromatic heterocycles. The van der Waals surface area contributed by atoms with E-state index in [1.54, 1.807) is 41.3 Å². The number of carbonyl (C=O) groups excluding carboxylic acids is 3. The summed E-state index contributed by atoms with van der Waals surface area (Å²) in [6, 6.07) is 11.5. The van der Waals surface area contributed by atoms with Crippen molar-refractivity contribution in [2.45, 2.75) is 33.0 Å². The van der Waals surface area contributed by atoms with E-state index in [9.17, 15) is 14.4 Å². The van der Waals surface area contributed by atoms with Crippen LogP contribution in [0.5, 0.6) is 5.75 Å². The summed E-state index contributed by atoms with van der Waals surface area (Å²) in [5.41, 5.74) is 1.40. The fraction of sp³-hybridized carbons (Fsp3) is 0.348. The zero-order chi connectivity index (χ0) is 21.4. The van der Waals surface area contributed by atoms with Gasteiger partial charge in [-0.2, -0.15) is 0 Å². The predicted molar refractivity (Wildman–Crippen MR) is 111 cm³/mol. The average Bonchev–Trinajstić information content (AvgIpc) is 2.97. The third-order valence-electron chi connectivity index (χ3n) is 5.25. The summed E-state index contributed by atoms with van der Waals surface area (Å²) in [4.78, 5) is 41.7. The molecule has 2 aliphatic heterocycles. The predicted octanol–water partition coefficient (Wildman–Crippen LogP) is 3.14. The lowest BCUT2D eigenvalue weighted by atomic mass is 10.0. The van der Waals surface area contributed by atoms with Gasteiger partial charge in [0.05, 0.1) is 35.6 Å². The molecular formula is C23H24N2O5. The number of hydrogen-bond donors (Lipinski definition) is 0. The maximum Gasteiger partial charge on any atom is 0.266 e. The van der Waals surface area contributed by atoms with E-state index in [2.05, 4.69) is 0 Å². The Hall–Kier alpha value is -3.19. The van der Waals surface area contributed by atoms with Crippen LogP contribution in [0.4, 0.5) is 5.69 Å². The normalized spacial score (nSPS) is 21.0. The standard InChI is InChI=1S/C23H24N2O5/c1-4-29-18-8-6-17(7-9-18)25-22(27)19-10-5-16(11-20(19)23(25)28)21(26)24-12-14(2)30-15(3)13-24/h5-11,14-15H,4,12-13H2,1-3H3/t14-,15-/m0/s1. The molecule has 2 aromatic carbocycles. The fourth-order valence-electron chi connectivity index (χ4n) is 3.99. The molecule has 0 saturated carbocycles. The summed E-state index contributed by atoms with van der Waals surface area (Å²) >= 11 is 0. The van der Waals surface area contributed by atoms with Crippen LogP contribution in [0.15, 0.2) is 42.5 Å². The lowest BCUT2D eigenvalue weighted by molar-refractivity contribution is -0.0586. The van der Waals surface area contributed by atoms with Gasteiger partial charge in [0.1, 0.15) is 5.75 Å². The first-order valence-corrected chi connectivity index (χ1v) is 10.1. The molecule has 7 heteroatoms. The highest BCUT2D eigenvalue weighted by atomic mass is 16.5. The highest BCUT2D eigenvalue weighted by Crippen LogP contribution is 2.30. The van der Waals surface area contributed by atoms with E-state index in [1.807, 2.05) is 20.8 Å². The molecule has 0 unspecified atom stereocenters. The Morgan fingerprint density at radius 2 is 1.63 bits per heavy atom. The van der Waals surface area contributed by atoms with Gasteiger partial charge in [0.15, 0.2) is 0 Å². The molecule has 3 amide bonds. The van der Waals surface area contributed by atoms with Gasteiger partial charge < -0.3 is 14.4 Å². The number of imide groups is 1. The summed E-state index contributed by atoms with van der Waals surface area (Å²) < 4.78 is 11.1. The minimum Gasteiger partial charge on any atom is -0.494 e. The van der Waals surface area contributed by atoms with E-state index in [4.69, 9.17) is 9.47 Å². The van der Waals surface area contributed by atoms with Gasteiger partial charge >= 0.3 is 0 Å². The van der Waals surface area contributed by atoms with E-state index in [-0.39, 0.29) is 23.7 Å². The molecule has 0 bridgehead atoms. The van der Waals surface area contributed by atoms with Crippen LogP contribution in [0.1, 0.15) is 51.8 Å². The first-order valence-electron chi connectivity index (χ1n) is 10.1. The Labute approximate surface area is 175 Å². The van der Waals surface area contributed by atoms with Gasteiger partial charge in [0.25, 0.3) is 17.7 Å². The van der Waals surface area contributed by atoms with E-state index < -0.39 is 11.8 Å². The number of amides is 3. The molecule has 4 rings (SSSR count). The second-order valence-electron chi connectivity index (χ2n) is 7.60. The molecule has 0 aliphatic carbocycles. The van der Waals surface area contributed by atoms with Crippen molar-refractivity contribution < 1.29 is 23.9 Å². The Morgan fingerprint density at radius 3 is 2.27 bits per heavy atom. The van der Waals surface area contributed by atoms with Gasteiger partial charge in [-0.1, -0.05) is 0 Å². The van der Waals surface area contributed by atoms with E-state index in [0.717, 1.165) is 4.90 Å². The van der Waals surface area contributed by atoms with Gasteiger partial charge in [0, 0.05) is 18.7 Å². The third kappa shape index (κ3) is 3.57. The summed E-state index contributed by atoms with van der Waals surface area (Å²) in [5.74, 6) is -0.330. The molecule has 0 spiro atoms. The number of morpholine rings is 1. The van der Waals surface area contributed by atoms with Crippen molar-refractivity contribution >= 4 is 23.4 Å². The van der Waals surface area contributed by atoms with Crippen LogP contribution >= 0.6 is 0 Å². The van der Waals surface area contributed by atoms with Gasteiger partial charge in [-0.25, -0.2) is 4.90 Å². The largest absolute Gasteiger partial charge is 0.494 e. The second kappa shape index (κ2) is 7.91. The highest BCUT2D eigenvalue weighted by molar-refractivity contribution is 6.34. The van der Waals surface area contributed by atoms with Gasteiger partial charge in [-0.15, -0.1) is 0 Å². The number of carbonyl (C=O) groups is 3. The van der Waals surface area contributed by atoms with Crippen LogP contribution in [0.2, 0.25) is 0 Å². The van der Waals surface area contributed by atoms with E-state index in [1.165, 1.54) is 6.07 Å². The summed E-state index contributed by atoms with van der Waals surface area (Å²) in [6.45, 7) is 7.25. The minimum absolute atomic E-state index is 0.0505. The summed E-state index contributed by atoms with van der Waals surface area (Å²) in [5, 5.41) is 0. The number of fused-ring (bicyclic) bond motifs is 1. The number of rotatable bonds is 4. The summed E-state index contributed by atoms with van der Waals surface area (Å²) in [6.07, 6.45) is -0.101. The number of benzene rings is 2. The minimum atomic E-state index is -0.433. The van der Waals surface area contributed by atoms with Crippen LogP contribution < -0.4 is 9.64 Å². The van der Waals surface area contributed by atoms with Crippen LogP contribution in [-0.2, 0) is 4.74 Å². The Balaban J connectivity index is 1.59. The second-order valence-corrected chi connectivity index (χ2v) is 7.60. The third-order valence-corrected chi connectivity index (χ3v) is 5.25. The molecule has 0 N–H and O–H groups in total. The lowest BCUT2D eigenvalue weighted by Crippen LogP contribution is -2.48. The molecule has 2 aromatic rings. The maximum atomic E-state index is 13.0. The molecule has 0 radical (unpaired) electrons. The SMILES string of the molecule is CCOc1ccc(N2C(=O)c3ccc(C(=O)N4C[C@H](C)O[C@@H](C)C4)cc3C2=O)cc1. The van der Waals surface area contributed by atoms with Crippen molar-refractivity contribution in [2.24, 2.45) is 0 Å². The number of nitrogens with zero attached hydrogens (tertiary/aromatic N) is 2. The molecule has 2 heterocycles. The molecule has 30 heavy (non-hydrogen) atoms. The van der Waals surface area contributed by atoms with Crippen molar-refractivity contribution in [3.63, 3.8) is 0 Å². The molecule has 1 fully saturated rings.